The van der Waals surface area contributed by atoms with Gasteiger partial charge in [-0.25, -0.2) is 8.78 Å². The molecule has 10 heavy (non-hydrogen) atoms. The maximum atomic E-state index is 11.9. The maximum Gasteiger partial charge on any atom is 0.242 e. The molecule has 2 unspecified atom stereocenters. The van der Waals surface area contributed by atoms with Gasteiger partial charge in [0.2, 0.25) is 6.43 Å². The SMILES string of the molecule is C=C(NC)C1CC1C(F)F. The Kier molecular flexibility index (Phi) is 1.92. The third kappa shape index (κ3) is 1.28. The Labute approximate surface area is 59.1 Å². The average molecular weight is 147 g/mol. The molecule has 0 aromatic carbocycles. The molecular formula is C7H11F2N. The third-order valence-electron chi connectivity index (χ3n) is 1.93. The van der Waals surface area contributed by atoms with Gasteiger partial charge in [0.25, 0.3) is 0 Å². The number of hydrogen-bond acceptors (Lipinski definition) is 1. The molecule has 0 aliphatic heterocycles. The van der Waals surface area contributed by atoms with E-state index >= 15 is 0 Å². The molecule has 1 N–H and O–H groups in total. The van der Waals surface area contributed by atoms with E-state index in [9.17, 15) is 8.78 Å². The zero-order valence-electron chi connectivity index (χ0n) is 5.90. The molecule has 0 radical (unpaired) electrons. The van der Waals surface area contributed by atoms with Crippen LogP contribution in [0.15, 0.2) is 12.3 Å². The molecule has 2 atom stereocenters. The van der Waals surface area contributed by atoms with Crippen molar-refractivity contribution < 1.29 is 8.78 Å². The molecule has 1 fully saturated rings. The molecule has 0 bridgehead atoms. The summed E-state index contributed by atoms with van der Waals surface area (Å²) in [7, 11) is 1.71. The van der Waals surface area contributed by atoms with Crippen LogP contribution >= 0.6 is 0 Å². The van der Waals surface area contributed by atoms with E-state index in [0.29, 0.717) is 6.42 Å². The molecule has 0 aromatic heterocycles. The van der Waals surface area contributed by atoms with Gasteiger partial charge in [-0.2, -0.15) is 0 Å². The predicted molar refractivity (Wildman–Crippen MR) is 35.8 cm³/mol. The van der Waals surface area contributed by atoms with Gasteiger partial charge in [0.05, 0.1) is 0 Å². The topological polar surface area (TPSA) is 12.0 Å². The van der Waals surface area contributed by atoms with Gasteiger partial charge in [0, 0.05) is 24.6 Å². The van der Waals surface area contributed by atoms with Gasteiger partial charge >= 0.3 is 0 Å². The largest absolute Gasteiger partial charge is 0.392 e. The minimum atomic E-state index is -2.17. The van der Waals surface area contributed by atoms with Crippen molar-refractivity contribution in [3.8, 4) is 0 Å². The highest BCUT2D eigenvalue weighted by atomic mass is 19.3. The molecule has 0 spiro atoms. The summed E-state index contributed by atoms with van der Waals surface area (Å²) in [4.78, 5) is 0. The summed E-state index contributed by atoms with van der Waals surface area (Å²) >= 11 is 0. The van der Waals surface area contributed by atoms with Crippen LogP contribution in [0.4, 0.5) is 8.78 Å². The maximum absolute atomic E-state index is 11.9. The van der Waals surface area contributed by atoms with E-state index in [4.69, 9.17) is 0 Å². The van der Waals surface area contributed by atoms with E-state index in [2.05, 4.69) is 11.9 Å². The van der Waals surface area contributed by atoms with Crippen LogP contribution in [0.3, 0.4) is 0 Å². The van der Waals surface area contributed by atoms with Crippen LogP contribution in [0.5, 0.6) is 0 Å². The van der Waals surface area contributed by atoms with Crippen LogP contribution in [0.2, 0.25) is 0 Å². The number of nitrogens with one attached hydrogen (secondary N) is 1. The van der Waals surface area contributed by atoms with Crippen molar-refractivity contribution in [2.75, 3.05) is 7.05 Å². The van der Waals surface area contributed by atoms with E-state index in [1.54, 1.807) is 7.05 Å². The number of alkyl halides is 2. The first-order chi connectivity index (χ1) is 4.66. The van der Waals surface area contributed by atoms with Gasteiger partial charge in [0.15, 0.2) is 0 Å². The van der Waals surface area contributed by atoms with Crippen LogP contribution in [0.1, 0.15) is 6.42 Å². The van der Waals surface area contributed by atoms with Crippen molar-refractivity contribution in [3.05, 3.63) is 12.3 Å². The molecule has 0 aromatic rings. The molecule has 0 saturated heterocycles. The summed E-state index contributed by atoms with van der Waals surface area (Å²) in [5.41, 5.74) is 0.741. The molecule has 1 aliphatic rings. The van der Waals surface area contributed by atoms with Crippen molar-refractivity contribution in [3.63, 3.8) is 0 Å². The molecule has 58 valence electrons. The molecule has 1 rings (SSSR count). The quantitative estimate of drug-likeness (QED) is 0.639. The molecule has 1 nitrogen and oxygen atoms in total. The van der Waals surface area contributed by atoms with Gasteiger partial charge in [-0.1, -0.05) is 6.58 Å². The summed E-state index contributed by atoms with van der Waals surface area (Å²) in [6.07, 6.45) is -1.58. The van der Waals surface area contributed by atoms with E-state index < -0.39 is 12.3 Å². The lowest BCUT2D eigenvalue weighted by atomic mass is 10.2. The Morgan fingerprint density at radius 1 is 1.70 bits per heavy atom. The minimum absolute atomic E-state index is 0.0185. The molecule has 3 heteroatoms. The number of halogens is 2. The summed E-state index contributed by atoms with van der Waals surface area (Å²) < 4.78 is 23.8. The average Bonchev–Trinajstić information content (AvgIpc) is 2.64. The minimum Gasteiger partial charge on any atom is -0.392 e. The summed E-state index contributed by atoms with van der Waals surface area (Å²) in [5, 5.41) is 2.78. The van der Waals surface area contributed by atoms with Crippen molar-refractivity contribution in [1.29, 1.82) is 0 Å². The Bertz CT molecular complexity index is 145. The Balaban J connectivity index is 2.31. The fourth-order valence-corrected chi connectivity index (χ4v) is 1.08. The van der Waals surface area contributed by atoms with Crippen LogP contribution in [-0.4, -0.2) is 13.5 Å². The van der Waals surface area contributed by atoms with E-state index in [-0.39, 0.29) is 5.92 Å². The Hall–Kier alpha value is -0.600. The first kappa shape index (κ1) is 7.51. The van der Waals surface area contributed by atoms with Crippen molar-refractivity contribution in [2.45, 2.75) is 12.8 Å². The Morgan fingerprint density at radius 3 is 2.60 bits per heavy atom. The van der Waals surface area contributed by atoms with Crippen LogP contribution < -0.4 is 5.32 Å². The first-order valence-corrected chi connectivity index (χ1v) is 3.31. The predicted octanol–water partition coefficient (Wildman–Crippen LogP) is 1.62. The van der Waals surface area contributed by atoms with Crippen LogP contribution in [-0.2, 0) is 0 Å². The van der Waals surface area contributed by atoms with E-state index in [1.807, 2.05) is 0 Å². The zero-order chi connectivity index (χ0) is 7.72. The molecule has 0 heterocycles. The van der Waals surface area contributed by atoms with Gasteiger partial charge in [0.1, 0.15) is 0 Å². The van der Waals surface area contributed by atoms with Crippen molar-refractivity contribution in [2.24, 2.45) is 11.8 Å². The molecule has 0 amide bonds. The van der Waals surface area contributed by atoms with E-state index in [1.165, 1.54) is 0 Å². The molecule has 1 aliphatic carbocycles. The summed E-state index contributed by atoms with van der Waals surface area (Å²) in [6.45, 7) is 3.62. The van der Waals surface area contributed by atoms with Crippen LogP contribution in [0, 0.1) is 11.8 Å². The lowest BCUT2D eigenvalue weighted by molar-refractivity contribution is 0.118. The number of rotatable bonds is 3. The Morgan fingerprint density at radius 2 is 2.30 bits per heavy atom. The highest BCUT2D eigenvalue weighted by molar-refractivity contribution is 5.09. The zero-order valence-corrected chi connectivity index (χ0v) is 5.90. The standard InChI is InChI=1S/C7H11F2N/c1-4(10-2)5-3-6(5)7(8)9/h5-7,10H,1,3H2,2H3. The monoisotopic (exact) mass is 147 g/mol. The fourth-order valence-electron chi connectivity index (χ4n) is 1.08. The lowest BCUT2D eigenvalue weighted by Crippen LogP contribution is -2.08. The second-order valence-electron chi connectivity index (χ2n) is 2.62. The van der Waals surface area contributed by atoms with Gasteiger partial charge in [-0.3, -0.25) is 0 Å². The van der Waals surface area contributed by atoms with Gasteiger partial charge in [-0.05, 0) is 6.42 Å². The number of hydrogen-bond donors (Lipinski definition) is 1. The molecular weight excluding hydrogens is 136 g/mol. The smallest absolute Gasteiger partial charge is 0.242 e. The number of allylic oxidation sites excluding steroid dienone is 1. The first-order valence-electron chi connectivity index (χ1n) is 3.31. The van der Waals surface area contributed by atoms with Gasteiger partial charge in [-0.15, -0.1) is 0 Å². The van der Waals surface area contributed by atoms with Crippen molar-refractivity contribution >= 4 is 0 Å². The summed E-state index contributed by atoms with van der Waals surface area (Å²) in [5.74, 6) is -0.412. The molecule has 1 saturated carbocycles. The van der Waals surface area contributed by atoms with Crippen LogP contribution in [0.25, 0.3) is 0 Å². The van der Waals surface area contributed by atoms with Gasteiger partial charge < -0.3 is 5.32 Å². The van der Waals surface area contributed by atoms with E-state index in [0.717, 1.165) is 5.70 Å². The third-order valence-corrected chi connectivity index (χ3v) is 1.93. The highest BCUT2D eigenvalue weighted by Gasteiger charge is 2.45. The summed E-state index contributed by atoms with van der Waals surface area (Å²) in [6, 6.07) is 0. The fraction of sp³-hybridized carbons (Fsp3) is 0.714. The highest BCUT2D eigenvalue weighted by Crippen LogP contribution is 2.46. The lowest BCUT2D eigenvalue weighted by Gasteiger charge is -2.01. The van der Waals surface area contributed by atoms with Crippen molar-refractivity contribution in [1.82, 2.24) is 5.32 Å². The second kappa shape index (κ2) is 2.56. The second-order valence-corrected chi connectivity index (χ2v) is 2.62. The normalized spacial score (nSPS) is 30.4.